The molecular weight excluding hydrogens is 331 g/mol. The first-order valence-electron chi connectivity index (χ1n) is 8.38. The summed E-state index contributed by atoms with van der Waals surface area (Å²) in [5.74, 6) is -0.420. The van der Waals surface area contributed by atoms with E-state index in [1.54, 1.807) is 24.3 Å². The molecule has 0 radical (unpaired) electrons. The fraction of sp³-hybridized carbons (Fsp3) is 0.389. The van der Waals surface area contributed by atoms with Gasteiger partial charge in [-0.05, 0) is 43.5 Å². The Morgan fingerprint density at radius 2 is 1.84 bits per heavy atom. The van der Waals surface area contributed by atoms with Gasteiger partial charge in [-0.3, -0.25) is 0 Å². The van der Waals surface area contributed by atoms with Crippen LogP contribution in [0.5, 0.6) is 0 Å². The van der Waals surface area contributed by atoms with Crippen molar-refractivity contribution >= 4 is 16.7 Å². The molecule has 1 aliphatic rings. The standard InChI is InChI=1S/C18H18F3N3O/c19-18(20,21)17-22-16-14(23-9-2-1-3-10-23)7-4-8-15(16)24(17)12-13-6-5-11-25-13/h4-8,11H,1-3,9-10,12H2. The Balaban J connectivity index is 1.86. The normalized spacial score (nSPS) is 15.9. The number of para-hydroxylation sites is 1. The summed E-state index contributed by atoms with van der Waals surface area (Å²) in [4.78, 5) is 6.13. The molecule has 0 aliphatic carbocycles. The summed E-state index contributed by atoms with van der Waals surface area (Å²) < 4.78 is 47.1. The topological polar surface area (TPSA) is 34.2 Å². The van der Waals surface area contributed by atoms with Crippen molar-refractivity contribution in [3.63, 3.8) is 0 Å². The number of piperidine rings is 1. The Kier molecular flexibility index (Phi) is 3.94. The smallest absolute Gasteiger partial charge is 0.449 e. The molecule has 132 valence electrons. The maximum Gasteiger partial charge on any atom is 0.449 e. The lowest BCUT2D eigenvalue weighted by atomic mass is 10.1. The SMILES string of the molecule is FC(F)(F)c1nc2c(N3CCCCC3)cccc2n1Cc1ccco1. The minimum absolute atomic E-state index is 0.00178. The lowest BCUT2D eigenvalue weighted by Crippen LogP contribution is -2.29. The molecule has 1 fully saturated rings. The molecule has 0 unspecified atom stereocenters. The van der Waals surface area contributed by atoms with Crippen molar-refractivity contribution in [3.8, 4) is 0 Å². The monoisotopic (exact) mass is 349 g/mol. The van der Waals surface area contributed by atoms with Crippen LogP contribution in [0.15, 0.2) is 41.0 Å². The molecule has 7 heteroatoms. The largest absolute Gasteiger partial charge is 0.467 e. The number of aromatic nitrogens is 2. The molecule has 2 aromatic heterocycles. The quantitative estimate of drug-likeness (QED) is 0.688. The molecule has 1 aromatic carbocycles. The van der Waals surface area contributed by atoms with Gasteiger partial charge in [0.25, 0.3) is 0 Å². The number of hydrogen-bond donors (Lipinski definition) is 0. The van der Waals surface area contributed by atoms with Crippen molar-refractivity contribution in [2.75, 3.05) is 18.0 Å². The molecule has 3 aromatic rings. The van der Waals surface area contributed by atoms with Crippen molar-refractivity contribution in [3.05, 3.63) is 48.2 Å². The summed E-state index contributed by atoms with van der Waals surface area (Å²) in [5, 5.41) is 0. The molecule has 1 aliphatic heterocycles. The van der Waals surface area contributed by atoms with Crippen LogP contribution in [0, 0.1) is 0 Å². The van der Waals surface area contributed by atoms with E-state index in [9.17, 15) is 13.2 Å². The molecule has 4 rings (SSSR count). The fourth-order valence-corrected chi connectivity index (χ4v) is 3.46. The van der Waals surface area contributed by atoms with Gasteiger partial charge in [-0.1, -0.05) is 6.07 Å². The molecule has 0 spiro atoms. The van der Waals surface area contributed by atoms with Crippen LogP contribution in [-0.2, 0) is 12.7 Å². The van der Waals surface area contributed by atoms with E-state index in [4.69, 9.17) is 4.42 Å². The van der Waals surface area contributed by atoms with Crippen LogP contribution >= 0.6 is 0 Å². The van der Waals surface area contributed by atoms with Gasteiger partial charge in [0.1, 0.15) is 11.3 Å². The van der Waals surface area contributed by atoms with Gasteiger partial charge in [-0.2, -0.15) is 13.2 Å². The zero-order valence-electron chi connectivity index (χ0n) is 13.6. The first-order valence-corrected chi connectivity index (χ1v) is 8.38. The van der Waals surface area contributed by atoms with E-state index in [0.29, 0.717) is 16.8 Å². The van der Waals surface area contributed by atoms with Crippen molar-refractivity contribution < 1.29 is 17.6 Å². The third-order valence-electron chi connectivity index (χ3n) is 4.60. The summed E-state index contributed by atoms with van der Waals surface area (Å²) in [6.07, 6.45) is 0.199. The highest BCUT2D eigenvalue weighted by Gasteiger charge is 2.38. The number of halogens is 3. The first-order chi connectivity index (χ1) is 12.0. The third kappa shape index (κ3) is 2.99. The second-order valence-electron chi connectivity index (χ2n) is 6.29. The van der Waals surface area contributed by atoms with Crippen LogP contribution in [0.25, 0.3) is 11.0 Å². The highest BCUT2D eigenvalue weighted by atomic mass is 19.4. The van der Waals surface area contributed by atoms with E-state index in [0.717, 1.165) is 38.0 Å². The molecular formula is C18H18F3N3O. The van der Waals surface area contributed by atoms with E-state index in [-0.39, 0.29) is 6.54 Å². The van der Waals surface area contributed by atoms with Gasteiger partial charge in [0.2, 0.25) is 5.82 Å². The lowest BCUT2D eigenvalue weighted by Gasteiger charge is -2.28. The lowest BCUT2D eigenvalue weighted by molar-refractivity contribution is -0.146. The maximum absolute atomic E-state index is 13.6. The number of furan rings is 1. The molecule has 0 saturated carbocycles. The molecule has 0 bridgehead atoms. The second-order valence-corrected chi connectivity index (χ2v) is 6.29. The molecule has 4 nitrogen and oxygen atoms in total. The summed E-state index contributed by atoms with van der Waals surface area (Å²) in [6, 6.07) is 8.68. The average Bonchev–Trinajstić information content (AvgIpc) is 3.23. The molecule has 0 N–H and O–H groups in total. The summed E-state index contributed by atoms with van der Waals surface area (Å²) in [6.45, 7) is 1.71. The molecule has 0 atom stereocenters. The Morgan fingerprint density at radius 3 is 2.52 bits per heavy atom. The number of fused-ring (bicyclic) bond motifs is 1. The number of nitrogens with zero attached hydrogens (tertiary/aromatic N) is 3. The van der Waals surface area contributed by atoms with Gasteiger partial charge in [0.15, 0.2) is 0 Å². The Labute approximate surface area is 142 Å². The van der Waals surface area contributed by atoms with E-state index >= 15 is 0 Å². The van der Waals surface area contributed by atoms with E-state index in [1.165, 1.54) is 10.8 Å². The maximum atomic E-state index is 13.6. The molecule has 1 saturated heterocycles. The number of benzene rings is 1. The van der Waals surface area contributed by atoms with E-state index in [1.807, 2.05) is 6.07 Å². The average molecular weight is 349 g/mol. The summed E-state index contributed by atoms with van der Waals surface area (Å²) in [7, 11) is 0. The van der Waals surface area contributed by atoms with Crippen molar-refractivity contribution in [2.45, 2.75) is 32.0 Å². The van der Waals surface area contributed by atoms with Gasteiger partial charge in [0, 0.05) is 13.1 Å². The van der Waals surface area contributed by atoms with Gasteiger partial charge < -0.3 is 13.9 Å². The number of alkyl halides is 3. The predicted molar refractivity (Wildman–Crippen MR) is 88.6 cm³/mol. The number of rotatable bonds is 3. The van der Waals surface area contributed by atoms with Crippen molar-refractivity contribution in [1.29, 1.82) is 0 Å². The van der Waals surface area contributed by atoms with E-state index < -0.39 is 12.0 Å². The highest BCUT2D eigenvalue weighted by molar-refractivity contribution is 5.89. The molecule has 25 heavy (non-hydrogen) atoms. The van der Waals surface area contributed by atoms with Crippen LogP contribution in [0.1, 0.15) is 30.8 Å². The number of hydrogen-bond acceptors (Lipinski definition) is 3. The highest BCUT2D eigenvalue weighted by Crippen LogP contribution is 2.36. The van der Waals surface area contributed by atoms with Crippen molar-refractivity contribution in [1.82, 2.24) is 9.55 Å². The van der Waals surface area contributed by atoms with Crippen LogP contribution < -0.4 is 4.90 Å². The first kappa shape index (κ1) is 16.1. The Bertz CT molecular complexity index is 862. The predicted octanol–water partition coefficient (Wildman–Crippen LogP) is 4.69. The minimum atomic E-state index is -4.52. The van der Waals surface area contributed by atoms with Crippen LogP contribution in [0.4, 0.5) is 18.9 Å². The van der Waals surface area contributed by atoms with Gasteiger partial charge in [-0.25, -0.2) is 4.98 Å². The molecule has 0 amide bonds. The second kappa shape index (κ2) is 6.13. The van der Waals surface area contributed by atoms with Gasteiger partial charge in [-0.15, -0.1) is 0 Å². The van der Waals surface area contributed by atoms with Crippen LogP contribution in [0.2, 0.25) is 0 Å². The van der Waals surface area contributed by atoms with Gasteiger partial charge in [0.05, 0.1) is 24.0 Å². The number of imidazole rings is 1. The number of anilines is 1. The molecule has 3 heterocycles. The summed E-state index contributed by atoms with van der Waals surface area (Å²) >= 11 is 0. The zero-order valence-corrected chi connectivity index (χ0v) is 13.6. The Morgan fingerprint density at radius 1 is 1.04 bits per heavy atom. The Hall–Kier alpha value is -2.44. The fourth-order valence-electron chi connectivity index (χ4n) is 3.46. The summed E-state index contributed by atoms with van der Waals surface area (Å²) in [5.41, 5.74) is 1.66. The minimum Gasteiger partial charge on any atom is -0.467 e. The zero-order chi connectivity index (χ0) is 17.4. The van der Waals surface area contributed by atoms with Gasteiger partial charge >= 0.3 is 6.18 Å². The van der Waals surface area contributed by atoms with Crippen LogP contribution in [-0.4, -0.2) is 22.6 Å². The van der Waals surface area contributed by atoms with Crippen LogP contribution in [0.3, 0.4) is 0 Å². The van der Waals surface area contributed by atoms with E-state index in [2.05, 4.69) is 9.88 Å². The van der Waals surface area contributed by atoms with Crippen molar-refractivity contribution in [2.24, 2.45) is 0 Å². The third-order valence-corrected chi connectivity index (χ3v) is 4.60.